The van der Waals surface area contributed by atoms with Gasteiger partial charge in [0.15, 0.2) is 0 Å². The number of aromatic nitrogens is 3. The molecule has 0 saturated carbocycles. The molecular weight excluding hydrogens is 418 g/mol. The zero-order valence-electron chi connectivity index (χ0n) is 16.9. The Bertz CT molecular complexity index is 1050. The minimum absolute atomic E-state index is 0.124. The van der Waals surface area contributed by atoms with Crippen molar-refractivity contribution in [2.45, 2.75) is 25.7 Å². The number of aliphatic hydroxyl groups is 2. The minimum Gasteiger partial charge on any atom is -0.388 e. The summed E-state index contributed by atoms with van der Waals surface area (Å²) in [6.07, 6.45) is 1.68. The normalized spacial score (nSPS) is 18.4. The van der Waals surface area contributed by atoms with Gasteiger partial charge >= 0.3 is 0 Å². The van der Waals surface area contributed by atoms with E-state index in [0.29, 0.717) is 5.82 Å². The highest BCUT2D eigenvalue weighted by Gasteiger charge is 2.32. The van der Waals surface area contributed by atoms with Gasteiger partial charge in [-0.15, -0.1) is 11.3 Å². The molecule has 3 aromatic rings. The monoisotopic (exact) mass is 441 g/mol. The number of hydrogen-bond donors (Lipinski definition) is 3. The first-order valence-corrected chi connectivity index (χ1v) is 10.6. The van der Waals surface area contributed by atoms with Crippen LogP contribution >= 0.6 is 11.3 Å². The van der Waals surface area contributed by atoms with Gasteiger partial charge in [-0.3, -0.25) is 4.79 Å². The van der Waals surface area contributed by atoms with Crippen LogP contribution in [0.2, 0.25) is 0 Å². The zero-order chi connectivity index (χ0) is 21.8. The number of nitrogens with zero attached hydrogens (tertiary/aromatic N) is 4. The van der Waals surface area contributed by atoms with E-state index in [-0.39, 0.29) is 32.2 Å². The minimum atomic E-state index is -0.898. The molecule has 162 valence electrons. The van der Waals surface area contributed by atoms with Crippen molar-refractivity contribution in [3.05, 3.63) is 53.3 Å². The van der Waals surface area contributed by atoms with Crippen LogP contribution in [0.3, 0.4) is 0 Å². The molecular formula is C21H23N5O4S. The predicted molar refractivity (Wildman–Crippen MR) is 116 cm³/mol. The number of β-amino-alcohol motifs (C(OH)–C–C–N with tert-alkyl or cyclic N) is 2. The molecule has 1 fully saturated rings. The molecule has 1 aliphatic heterocycles. The fourth-order valence-electron chi connectivity index (χ4n) is 3.16. The summed E-state index contributed by atoms with van der Waals surface area (Å²) in [4.78, 5) is 27.7. The van der Waals surface area contributed by atoms with Gasteiger partial charge in [0.1, 0.15) is 23.3 Å². The van der Waals surface area contributed by atoms with E-state index in [1.807, 2.05) is 37.3 Å². The van der Waals surface area contributed by atoms with Crippen LogP contribution < -0.4 is 5.32 Å². The van der Waals surface area contributed by atoms with Crippen LogP contribution in [0, 0.1) is 6.92 Å². The number of amides is 1. The van der Waals surface area contributed by atoms with Crippen LogP contribution in [0.1, 0.15) is 10.6 Å². The fraction of sp³-hybridized carbons (Fsp3) is 0.333. The third kappa shape index (κ3) is 5.42. The molecule has 1 aliphatic rings. The first kappa shape index (κ1) is 21.3. The Hall–Kier alpha value is -2.92. The third-order valence-corrected chi connectivity index (χ3v) is 5.78. The molecule has 0 spiro atoms. The molecule has 9 nitrogen and oxygen atoms in total. The second-order valence-corrected chi connectivity index (χ2v) is 8.41. The predicted octanol–water partition coefficient (Wildman–Crippen LogP) is 1.73. The smallest absolute Gasteiger partial charge is 0.248 e. The van der Waals surface area contributed by atoms with Gasteiger partial charge in [0.05, 0.1) is 29.4 Å². The number of nitrogens with one attached hydrogen (secondary N) is 1. The highest BCUT2D eigenvalue weighted by molar-refractivity contribution is 7.15. The van der Waals surface area contributed by atoms with Gasteiger partial charge in [-0.2, -0.15) is 0 Å². The van der Waals surface area contributed by atoms with Crippen LogP contribution in [0.4, 0.5) is 11.6 Å². The second-order valence-electron chi connectivity index (χ2n) is 7.30. The number of aryl methyl sites for hydroxylation is 1. The summed E-state index contributed by atoms with van der Waals surface area (Å²) < 4.78 is 5.48. The number of likely N-dealkylation sites (tertiary alicyclic amines) is 1. The lowest BCUT2D eigenvalue weighted by molar-refractivity contribution is -0.136. The topological polar surface area (TPSA) is 121 Å². The summed E-state index contributed by atoms with van der Waals surface area (Å²) in [7, 11) is 0. The number of hydrogen-bond acceptors (Lipinski definition) is 9. The number of aliphatic hydroxyl groups excluding tert-OH is 2. The van der Waals surface area contributed by atoms with E-state index in [1.54, 1.807) is 12.4 Å². The molecule has 31 heavy (non-hydrogen) atoms. The molecule has 0 unspecified atom stereocenters. The van der Waals surface area contributed by atoms with E-state index in [9.17, 15) is 15.0 Å². The van der Waals surface area contributed by atoms with Gasteiger partial charge in [-0.05, 0) is 36.8 Å². The van der Waals surface area contributed by atoms with Crippen molar-refractivity contribution in [1.29, 1.82) is 0 Å². The summed E-state index contributed by atoms with van der Waals surface area (Å²) in [5.74, 6) is 1.14. The molecule has 1 amide bonds. The number of carbonyl (C=O) groups excluding carboxylic acids is 1. The van der Waals surface area contributed by atoms with Gasteiger partial charge in [0.2, 0.25) is 5.91 Å². The van der Waals surface area contributed by atoms with E-state index in [2.05, 4.69) is 20.3 Å². The number of pyridine rings is 2. The maximum absolute atomic E-state index is 12.1. The lowest BCUT2D eigenvalue weighted by atomic mass is 10.3. The third-order valence-electron chi connectivity index (χ3n) is 4.79. The number of anilines is 2. The molecule has 0 aromatic carbocycles. The number of ether oxygens (including phenoxy) is 1. The Kier molecular flexibility index (Phi) is 6.52. The average Bonchev–Trinajstić information content (AvgIpc) is 3.35. The maximum Gasteiger partial charge on any atom is 0.248 e. The molecule has 1 saturated heterocycles. The van der Waals surface area contributed by atoms with Crippen molar-refractivity contribution in [2.75, 3.05) is 25.0 Å². The van der Waals surface area contributed by atoms with Crippen molar-refractivity contribution in [2.24, 2.45) is 0 Å². The molecule has 0 bridgehead atoms. The Labute approximate surface area is 183 Å². The second kappa shape index (κ2) is 9.48. The first-order valence-electron chi connectivity index (χ1n) is 9.81. The Morgan fingerprint density at radius 2 is 2.03 bits per heavy atom. The van der Waals surface area contributed by atoms with Gasteiger partial charge in [0.25, 0.3) is 0 Å². The van der Waals surface area contributed by atoms with E-state index in [4.69, 9.17) is 4.74 Å². The first-order chi connectivity index (χ1) is 15.0. The lowest BCUT2D eigenvalue weighted by Gasteiger charge is -2.14. The summed E-state index contributed by atoms with van der Waals surface area (Å²) in [5.41, 5.74) is 1.88. The highest BCUT2D eigenvalue weighted by Crippen LogP contribution is 2.26. The van der Waals surface area contributed by atoms with E-state index >= 15 is 0 Å². The van der Waals surface area contributed by atoms with Crippen molar-refractivity contribution in [3.8, 4) is 10.6 Å². The van der Waals surface area contributed by atoms with Crippen LogP contribution in [-0.4, -0.2) is 67.9 Å². The van der Waals surface area contributed by atoms with Crippen molar-refractivity contribution < 1.29 is 19.7 Å². The van der Waals surface area contributed by atoms with E-state index in [0.717, 1.165) is 27.0 Å². The molecule has 3 N–H and O–H groups in total. The van der Waals surface area contributed by atoms with E-state index < -0.39 is 12.2 Å². The molecule has 2 atom stereocenters. The van der Waals surface area contributed by atoms with Crippen molar-refractivity contribution in [1.82, 2.24) is 19.9 Å². The number of thiazole rings is 1. The van der Waals surface area contributed by atoms with Crippen molar-refractivity contribution in [3.63, 3.8) is 0 Å². The largest absolute Gasteiger partial charge is 0.388 e. The SMILES string of the molecule is Cc1ccnc(Nc2cccc(-c3cnc(COCC(=O)N4C[C@@H](O)[C@@H](O)C4)s3)n2)c1. The molecule has 3 aromatic heterocycles. The lowest BCUT2D eigenvalue weighted by Crippen LogP contribution is -2.33. The van der Waals surface area contributed by atoms with Crippen LogP contribution in [0.15, 0.2) is 42.7 Å². The average molecular weight is 442 g/mol. The Balaban J connectivity index is 1.33. The summed E-state index contributed by atoms with van der Waals surface area (Å²) in [5, 5.41) is 23.0. The molecule has 0 aliphatic carbocycles. The van der Waals surface area contributed by atoms with Crippen LogP contribution in [0.5, 0.6) is 0 Å². The summed E-state index contributed by atoms with van der Waals surface area (Å²) >= 11 is 1.44. The van der Waals surface area contributed by atoms with Crippen molar-refractivity contribution >= 4 is 28.9 Å². The van der Waals surface area contributed by atoms with Gasteiger partial charge in [0, 0.05) is 25.5 Å². The Morgan fingerprint density at radius 1 is 1.23 bits per heavy atom. The van der Waals surface area contributed by atoms with Gasteiger partial charge in [-0.1, -0.05) is 6.07 Å². The standard InChI is InChI=1S/C21H23N5O4S/c1-13-5-6-22-19(7-13)25-18-4-2-3-14(24-18)17-8-23-20(31-17)11-30-12-21(29)26-9-15(27)16(28)10-26/h2-8,15-16,27-28H,9-12H2,1H3,(H,22,24,25)/t15-,16+. The van der Waals surface area contributed by atoms with Crippen LogP contribution in [-0.2, 0) is 16.1 Å². The fourth-order valence-corrected chi connectivity index (χ4v) is 3.99. The highest BCUT2D eigenvalue weighted by atomic mass is 32.1. The van der Waals surface area contributed by atoms with Gasteiger partial charge in [-0.25, -0.2) is 15.0 Å². The Morgan fingerprint density at radius 3 is 2.81 bits per heavy atom. The van der Waals surface area contributed by atoms with Crippen LogP contribution in [0.25, 0.3) is 10.6 Å². The van der Waals surface area contributed by atoms with Gasteiger partial charge < -0.3 is 25.2 Å². The molecule has 0 radical (unpaired) electrons. The quantitative estimate of drug-likeness (QED) is 0.507. The molecule has 4 rings (SSSR count). The summed E-state index contributed by atoms with van der Waals surface area (Å²) in [6.45, 7) is 2.32. The number of carbonyl (C=O) groups is 1. The zero-order valence-corrected chi connectivity index (χ0v) is 17.7. The number of rotatable bonds is 7. The molecule has 10 heteroatoms. The van der Waals surface area contributed by atoms with E-state index in [1.165, 1.54) is 16.2 Å². The molecule has 4 heterocycles. The maximum atomic E-state index is 12.1. The summed E-state index contributed by atoms with van der Waals surface area (Å²) in [6, 6.07) is 9.56.